The summed E-state index contributed by atoms with van der Waals surface area (Å²) in [6, 6.07) is 0. The maximum atomic E-state index is 5.12. The molecule has 0 radical (unpaired) electrons. The monoisotopic (exact) mass is 194 g/mol. The van der Waals surface area contributed by atoms with Gasteiger partial charge in [0, 0.05) is 6.66 Å². The Morgan fingerprint density at radius 2 is 1.40 bits per heavy atom. The van der Waals surface area contributed by atoms with E-state index in [4.69, 9.17) is 9.05 Å². The van der Waals surface area contributed by atoms with Crippen LogP contribution in [0.3, 0.4) is 0 Å². The molecule has 0 amide bonds. The Morgan fingerprint density at radius 1 is 1.10 bits per heavy atom. The Hall–Kier alpha value is 1.64. The zero-order chi connectivity index (χ0) is 6.41. The van der Waals surface area contributed by atoms with Gasteiger partial charge in [-0.15, -0.1) is 0 Å². The predicted octanol–water partition coefficient (Wildman–Crippen LogP) is -3.99. The average Bonchev–Trinajstić information content (AvgIpc) is 1.68. The molecule has 0 heterocycles. The molecule has 0 aliphatic rings. The summed E-state index contributed by atoms with van der Waals surface area (Å²) in [4.78, 5) is 0. The molecule has 0 N–H and O–H groups in total. The zero-order valence-electron chi connectivity index (χ0n) is 7.06. The fourth-order valence-electron chi connectivity index (χ4n) is 0.401. The van der Waals surface area contributed by atoms with Crippen LogP contribution in [0.2, 0.25) is 0 Å². The number of hydrogen-bond acceptors (Lipinski definition) is 2. The normalized spacial score (nSPS) is 8.40. The van der Waals surface area contributed by atoms with Crippen LogP contribution in [0.15, 0.2) is 0 Å². The van der Waals surface area contributed by atoms with Gasteiger partial charge >= 0.3 is 29.6 Å². The van der Waals surface area contributed by atoms with Gasteiger partial charge in [0.05, 0.1) is 13.2 Å². The largest absolute Gasteiger partial charge is 1.00 e. The van der Waals surface area contributed by atoms with Crippen LogP contribution in [0.4, 0.5) is 0 Å². The van der Waals surface area contributed by atoms with Crippen molar-refractivity contribution >= 4 is 8.38 Å². The summed E-state index contributed by atoms with van der Waals surface area (Å²) in [5.74, 6) is 0. The van der Waals surface area contributed by atoms with Crippen LogP contribution in [0.25, 0.3) is 0 Å². The van der Waals surface area contributed by atoms with E-state index in [1.54, 1.807) is 0 Å². The SMILES string of the molecule is CCOP(C)OCC.[Cl-].[Na+]. The van der Waals surface area contributed by atoms with Crippen molar-refractivity contribution in [3.05, 3.63) is 0 Å². The first-order valence-corrected chi connectivity index (χ1v) is 4.43. The van der Waals surface area contributed by atoms with Gasteiger partial charge in [0.1, 0.15) is 0 Å². The van der Waals surface area contributed by atoms with Gasteiger partial charge in [0.25, 0.3) is 0 Å². The molecule has 0 aliphatic carbocycles. The third-order valence-corrected chi connectivity index (χ3v) is 1.87. The minimum absolute atomic E-state index is 0. The number of hydrogen-bond donors (Lipinski definition) is 0. The van der Waals surface area contributed by atoms with Gasteiger partial charge < -0.3 is 21.5 Å². The van der Waals surface area contributed by atoms with E-state index in [0.29, 0.717) is 0 Å². The van der Waals surface area contributed by atoms with Gasteiger partial charge in [-0.1, -0.05) is 0 Å². The van der Waals surface area contributed by atoms with E-state index in [2.05, 4.69) is 0 Å². The second-order valence-electron chi connectivity index (χ2n) is 1.28. The second-order valence-corrected chi connectivity index (χ2v) is 2.67. The van der Waals surface area contributed by atoms with Gasteiger partial charge in [-0.3, -0.25) is 0 Å². The molecule has 58 valence electrons. The van der Waals surface area contributed by atoms with Gasteiger partial charge in [-0.05, 0) is 13.8 Å². The minimum Gasteiger partial charge on any atom is -1.00 e. The molecule has 0 saturated carbocycles. The third-order valence-electron chi connectivity index (χ3n) is 0.622. The topological polar surface area (TPSA) is 18.5 Å². The molecule has 2 nitrogen and oxygen atoms in total. The number of rotatable bonds is 4. The molecule has 0 rings (SSSR count). The number of halogens is 1. The van der Waals surface area contributed by atoms with Crippen molar-refractivity contribution in [3.63, 3.8) is 0 Å². The fourth-order valence-corrected chi connectivity index (χ4v) is 1.20. The summed E-state index contributed by atoms with van der Waals surface area (Å²) in [5, 5.41) is 0. The van der Waals surface area contributed by atoms with Crippen LogP contribution in [0, 0.1) is 0 Å². The molecule has 0 fully saturated rings. The van der Waals surface area contributed by atoms with Gasteiger partial charge in [0.15, 0.2) is 8.38 Å². The maximum absolute atomic E-state index is 5.12. The van der Waals surface area contributed by atoms with Crippen molar-refractivity contribution in [1.29, 1.82) is 0 Å². The van der Waals surface area contributed by atoms with E-state index >= 15 is 0 Å². The summed E-state index contributed by atoms with van der Waals surface area (Å²) in [5.41, 5.74) is 0. The van der Waals surface area contributed by atoms with E-state index in [0.717, 1.165) is 13.2 Å². The Balaban J connectivity index is -0.000000245. The van der Waals surface area contributed by atoms with Gasteiger partial charge in [0.2, 0.25) is 0 Å². The average molecular weight is 195 g/mol. The first-order chi connectivity index (χ1) is 3.81. The molecule has 5 heteroatoms. The Kier molecular flexibility index (Phi) is 23.4. The smallest absolute Gasteiger partial charge is 1.00 e. The molecule has 0 atom stereocenters. The molecule has 0 unspecified atom stereocenters. The summed E-state index contributed by atoms with van der Waals surface area (Å²) < 4.78 is 10.2. The molecule has 0 saturated heterocycles. The maximum Gasteiger partial charge on any atom is 1.00 e. The summed E-state index contributed by atoms with van der Waals surface area (Å²) in [6.07, 6.45) is 0. The molecule has 0 aliphatic heterocycles. The Labute approximate surface area is 92.7 Å². The van der Waals surface area contributed by atoms with Crippen LogP contribution >= 0.6 is 8.38 Å². The molecule has 0 spiro atoms. The quantitative estimate of drug-likeness (QED) is 0.336. The standard InChI is InChI=1S/C5H13O2P.ClH.Na/c1-4-6-8(3)7-5-2;;/h4-5H2,1-3H3;1H;/q;;+1/p-1. The molecule has 0 aromatic carbocycles. The Morgan fingerprint density at radius 3 is 1.60 bits per heavy atom. The van der Waals surface area contributed by atoms with Crippen LogP contribution < -0.4 is 42.0 Å². The van der Waals surface area contributed by atoms with Crippen molar-refractivity contribution in [2.45, 2.75) is 13.8 Å². The van der Waals surface area contributed by atoms with Crippen molar-refractivity contribution < 1.29 is 51.0 Å². The first-order valence-electron chi connectivity index (χ1n) is 2.80. The molecule has 0 aromatic heterocycles. The van der Waals surface area contributed by atoms with E-state index in [1.165, 1.54) is 0 Å². The van der Waals surface area contributed by atoms with Gasteiger partial charge in [-0.2, -0.15) is 0 Å². The van der Waals surface area contributed by atoms with Crippen molar-refractivity contribution in [2.75, 3.05) is 19.9 Å². The summed E-state index contributed by atoms with van der Waals surface area (Å²) >= 11 is 0. The predicted molar refractivity (Wildman–Crippen MR) is 36.1 cm³/mol. The van der Waals surface area contributed by atoms with Crippen LogP contribution in [0.1, 0.15) is 13.8 Å². The van der Waals surface area contributed by atoms with Crippen molar-refractivity contribution in [3.8, 4) is 0 Å². The Bertz CT molecular complexity index is 52.9. The molecular weight excluding hydrogens is 181 g/mol. The summed E-state index contributed by atoms with van der Waals surface area (Å²) in [7, 11) is -0.581. The van der Waals surface area contributed by atoms with Crippen molar-refractivity contribution in [1.82, 2.24) is 0 Å². The first kappa shape index (κ1) is 17.7. The van der Waals surface area contributed by atoms with Crippen LogP contribution in [0.5, 0.6) is 0 Å². The zero-order valence-corrected chi connectivity index (χ0v) is 10.7. The van der Waals surface area contributed by atoms with Crippen LogP contribution in [-0.2, 0) is 9.05 Å². The molecule has 10 heavy (non-hydrogen) atoms. The van der Waals surface area contributed by atoms with E-state index < -0.39 is 8.38 Å². The van der Waals surface area contributed by atoms with E-state index in [-0.39, 0.29) is 42.0 Å². The second kappa shape index (κ2) is 13.2. The van der Waals surface area contributed by atoms with E-state index in [9.17, 15) is 0 Å². The molecular formula is C5H13ClNaO2P. The van der Waals surface area contributed by atoms with Crippen LogP contribution in [-0.4, -0.2) is 19.9 Å². The van der Waals surface area contributed by atoms with E-state index in [1.807, 2.05) is 20.5 Å². The minimum atomic E-state index is -0.581. The summed E-state index contributed by atoms with van der Waals surface area (Å²) in [6.45, 7) is 7.41. The van der Waals surface area contributed by atoms with Crippen molar-refractivity contribution in [2.24, 2.45) is 0 Å². The fraction of sp³-hybridized carbons (Fsp3) is 1.00. The molecule has 0 aromatic rings. The third kappa shape index (κ3) is 12.3. The molecule has 0 bridgehead atoms. The van der Waals surface area contributed by atoms with Gasteiger partial charge in [-0.25, -0.2) is 0 Å².